The maximum absolute atomic E-state index is 12.5. The first-order valence-corrected chi connectivity index (χ1v) is 11.3. The number of amidine groups is 1. The van der Waals surface area contributed by atoms with E-state index in [1.807, 2.05) is 0 Å². The molecule has 1 aliphatic carbocycles. The number of nitrogens with zero attached hydrogens (tertiary/aromatic N) is 1. The number of hydrogen-bond donors (Lipinski definition) is 7. The van der Waals surface area contributed by atoms with Crippen molar-refractivity contribution < 1.29 is 34.4 Å². The maximum Gasteiger partial charge on any atom is 0.323 e. The Morgan fingerprint density at radius 3 is 2.64 bits per heavy atom. The zero-order valence-electron chi connectivity index (χ0n) is 19.0. The monoisotopic (exact) mass is 469 g/mol. The number of rotatable bonds is 11. The van der Waals surface area contributed by atoms with Crippen LogP contribution in [-0.4, -0.2) is 78.0 Å². The molecule has 13 heteroatoms. The number of unbranched alkanes of at least 4 members (excludes halogenated alkanes) is 1. The number of carbonyl (C=O) groups is 2. The van der Waals surface area contributed by atoms with E-state index in [0.717, 1.165) is 0 Å². The molecule has 2 fully saturated rings. The van der Waals surface area contributed by atoms with Gasteiger partial charge in [0.25, 0.3) is 0 Å². The first-order chi connectivity index (χ1) is 15.5. The molecular formula is C20H36BN5O7. The lowest BCUT2D eigenvalue weighted by molar-refractivity contribution is -0.299. The third kappa shape index (κ3) is 7.28. The van der Waals surface area contributed by atoms with Crippen molar-refractivity contribution >= 4 is 25.6 Å². The van der Waals surface area contributed by atoms with Crippen molar-refractivity contribution in [3.63, 3.8) is 0 Å². The molecule has 33 heavy (non-hydrogen) atoms. The lowest BCUT2D eigenvalue weighted by atomic mass is 9.52. The van der Waals surface area contributed by atoms with Crippen LogP contribution in [0.3, 0.4) is 0 Å². The van der Waals surface area contributed by atoms with Gasteiger partial charge in [-0.1, -0.05) is 0 Å². The Morgan fingerprint density at radius 2 is 1.97 bits per heavy atom. The number of fused-ring (bicyclic) bond motifs is 1. The number of nitrogens with two attached hydrogens (primary N) is 2. The van der Waals surface area contributed by atoms with Gasteiger partial charge in [0.05, 0.1) is 13.2 Å². The highest BCUT2D eigenvalue weighted by Crippen LogP contribution is 2.49. The predicted molar refractivity (Wildman–Crippen MR) is 119 cm³/mol. The van der Waals surface area contributed by atoms with Gasteiger partial charge in [-0.25, -0.2) is 11.4 Å². The minimum Gasteiger partial charge on any atom is -0.466 e. The van der Waals surface area contributed by atoms with Gasteiger partial charge in [0.15, 0.2) is 5.79 Å². The van der Waals surface area contributed by atoms with Gasteiger partial charge in [0.1, 0.15) is 19.7 Å². The fourth-order valence-corrected chi connectivity index (χ4v) is 4.84. The highest BCUT2D eigenvalue weighted by atomic mass is 16.5. The molecule has 0 aromatic heterocycles. The lowest BCUT2D eigenvalue weighted by Crippen LogP contribution is -2.67. The van der Waals surface area contributed by atoms with E-state index in [9.17, 15) is 24.9 Å². The smallest absolute Gasteiger partial charge is 0.323 e. The number of aliphatic hydroxyl groups is 3. The largest absolute Gasteiger partial charge is 0.466 e. The van der Waals surface area contributed by atoms with Gasteiger partial charge in [-0.2, -0.15) is 5.10 Å². The van der Waals surface area contributed by atoms with E-state index in [1.54, 1.807) is 6.92 Å². The van der Waals surface area contributed by atoms with Gasteiger partial charge in [-0.15, -0.1) is 0 Å². The Kier molecular flexibility index (Phi) is 9.91. The van der Waals surface area contributed by atoms with Gasteiger partial charge >= 0.3 is 11.9 Å². The molecule has 0 spiro atoms. The zero-order chi connectivity index (χ0) is 24.6. The topological polar surface area (TPSA) is 202 Å². The summed E-state index contributed by atoms with van der Waals surface area (Å²) in [6.45, 7) is 2.48. The van der Waals surface area contributed by atoms with E-state index < -0.39 is 35.1 Å². The molecule has 1 heterocycles. The van der Waals surface area contributed by atoms with Gasteiger partial charge in [-0.3, -0.25) is 9.59 Å². The van der Waals surface area contributed by atoms with E-state index in [1.165, 1.54) is 0 Å². The van der Waals surface area contributed by atoms with Crippen molar-refractivity contribution in [2.24, 2.45) is 34.4 Å². The average Bonchev–Trinajstić information content (AvgIpc) is 2.72. The number of piperidine rings is 1. The van der Waals surface area contributed by atoms with Gasteiger partial charge < -0.3 is 35.8 Å². The van der Waals surface area contributed by atoms with Crippen LogP contribution in [0.4, 0.5) is 0 Å². The summed E-state index contributed by atoms with van der Waals surface area (Å²) in [6.07, 6.45) is 1.73. The molecule has 0 amide bonds. The Labute approximate surface area is 194 Å². The summed E-state index contributed by atoms with van der Waals surface area (Å²) in [6, 6.07) is -0.729. The third-order valence-electron chi connectivity index (χ3n) is 6.44. The van der Waals surface area contributed by atoms with Crippen LogP contribution in [0.5, 0.6) is 0 Å². The number of ether oxygens (including phenoxy) is 2. The van der Waals surface area contributed by atoms with Crippen molar-refractivity contribution in [2.45, 2.75) is 69.2 Å². The van der Waals surface area contributed by atoms with Crippen LogP contribution in [0.2, 0.25) is 0 Å². The fourth-order valence-electron chi connectivity index (χ4n) is 4.84. The quantitative estimate of drug-likeness (QED) is 0.0256. The first-order valence-electron chi connectivity index (χ1n) is 11.3. The Balaban J connectivity index is 1.93. The molecule has 5 atom stereocenters. The standard InChI is InChI=1S/C20H36BN5O7/c1-2-32-17(27)5-3-4-8-33-18(28)14-9-13-12(11-24-14)10-19(21,29)15(20(13,30)31)6-7-16(22)25-26-23/h12-15,24,26,29-31H,2-11,23H2,1H3,(H2,22,25). The molecule has 5 unspecified atom stereocenters. The van der Waals surface area contributed by atoms with Gasteiger partial charge in [-0.05, 0) is 51.5 Å². The number of hydrazone groups is 1. The SMILES string of the molecule is [B]C1(O)CC2CNC(C(=O)OCCCCC(=O)OCC)CC2C(O)(O)C1CC/C(N)=N/NN. The summed E-state index contributed by atoms with van der Waals surface area (Å²) >= 11 is 0. The minimum atomic E-state index is -2.33. The molecule has 1 saturated carbocycles. The summed E-state index contributed by atoms with van der Waals surface area (Å²) in [7, 11) is 6.06. The van der Waals surface area contributed by atoms with Crippen molar-refractivity contribution in [3.8, 4) is 0 Å². The van der Waals surface area contributed by atoms with E-state index >= 15 is 0 Å². The summed E-state index contributed by atoms with van der Waals surface area (Å²) in [5, 5.41) is 39.5. The van der Waals surface area contributed by atoms with E-state index in [0.29, 0.717) is 19.4 Å². The number of hydrogen-bond acceptors (Lipinski definition) is 11. The normalized spacial score (nSPS) is 31.4. The number of carbonyl (C=O) groups excluding carboxylic acids is 2. The highest BCUT2D eigenvalue weighted by molar-refractivity contribution is 6.14. The highest BCUT2D eigenvalue weighted by Gasteiger charge is 2.59. The molecule has 0 aromatic carbocycles. The third-order valence-corrected chi connectivity index (χ3v) is 6.44. The minimum absolute atomic E-state index is 0.0588. The number of esters is 2. The molecule has 2 radical (unpaired) electrons. The molecular weight excluding hydrogens is 433 g/mol. The molecule has 2 rings (SSSR count). The average molecular weight is 469 g/mol. The van der Waals surface area contributed by atoms with E-state index in [-0.39, 0.29) is 63.0 Å². The number of nitrogens with one attached hydrogen (secondary N) is 2. The Hall–Kier alpha value is -1.93. The summed E-state index contributed by atoms with van der Waals surface area (Å²) in [5.74, 6) is -0.0784. The molecule has 0 aromatic rings. The van der Waals surface area contributed by atoms with Crippen molar-refractivity contribution in [2.75, 3.05) is 19.8 Å². The second-order valence-electron chi connectivity index (χ2n) is 8.79. The van der Waals surface area contributed by atoms with Crippen LogP contribution in [-0.2, 0) is 19.1 Å². The second-order valence-corrected chi connectivity index (χ2v) is 8.79. The van der Waals surface area contributed by atoms with Crippen molar-refractivity contribution in [1.82, 2.24) is 10.9 Å². The van der Waals surface area contributed by atoms with Gasteiger partial charge in [0.2, 0.25) is 0 Å². The van der Waals surface area contributed by atoms with E-state index in [4.69, 9.17) is 28.9 Å². The summed E-state index contributed by atoms with van der Waals surface area (Å²) in [4.78, 5) is 23.8. The molecule has 1 saturated heterocycles. The van der Waals surface area contributed by atoms with Crippen LogP contribution < -0.4 is 22.4 Å². The Bertz CT molecular complexity index is 706. The Morgan fingerprint density at radius 1 is 1.24 bits per heavy atom. The van der Waals surface area contributed by atoms with Crippen molar-refractivity contribution in [1.29, 1.82) is 0 Å². The molecule has 12 nitrogen and oxygen atoms in total. The zero-order valence-corrected chi connectivity index (χ0v) is 19.0. The molecule has 0 bridgehead atoms. The number of hydrazine groups is 1. The molecule has 1 aliphatic heterocycles. The van der Waals surface area contributed by atoms with Crippen LogP contribution in [0.25, 0.3) is 0 Å². The van der Waals surface area contributed by atoms with Crippen molar-refractivity contribution in [3.05, 3.63) is 0 Å². The van der Waals surface area contributed by atoms with Gasteiger partial charge in [0, 0.05) is 30.2 Å². The van der Waals surface area contributed by atoms with Crippen LogP contribution in [0.15, 0.2) is 5.10 Å². The first kappa shape index (κ1) is 27.3. The fraction of sp³-hybridized carbons (Fsp3) is 0.850. The molecule has 2 aliphatic rings. The lowest BCUT2D eigenvalue weighted by Gasteiger charge is -2.56. The van der Waals surface area contributed by atoms with Crippen LogP contribution >= 0.6 is 0 Å². The molecule has 186 valence electrons. The second kappa shape index (κ2) is 12.0. The van der Waals surface area contributed by atoms with E-state index in [2.05, 4.69) is 16.0 Å². The summed E-state index contributed by atoms with van der Waals surface area (Å²) in [5.41, 5.74) is 5.92. The molecule has 9 N–H and O–H groups in total. The summed E-state index contributed by atoms with van der Waals surface area (Å²) < 4.78 is 10.2. The van der Waals surface area contributed by atoms with Crippen LogP contribution in [0.1, 0.15) is 51.9 Å². The van der Waals surface area contributed by atoms with Crippen LogP contribution in [0, 0.1) is 17.8 Å². The maximum atomic E-state index is 12.5. The predicted octanol–water partition coefficient (Wildman–Crippen LogP) is -2.07.